The van der Waals surface area contributed by atoms with E-state index in [2.05, 4.69) is 80.6 Å². The van der Waals surface area contributed by atoms with Gasteiger partial charge in [-0.3, -0.25) is 4.79 Å². The zero-order valence-electron chi connectivity index (χ0n) is 24.6. The lowest BCUT2D eigenvalue weighted by Crippen LogP contribution is -2.29. The van der Waals surface area contributed by atoms with Gasteiger partial charge in [0.1, 0.15) is 5.75 Å². The Labute approximate surface area is 237 Å². The van der Waals surface area contributed by atoms with Gasteiger partial charge in [0, 0.05) is 0 Å². The molecule has 3 rings (SSSR count). The molecule has 0 aliphatic carbocycles. The summed E-state index contributed by atoms with van der Waals surface area (Å²) in [6.45, 7) is 9.61. The number of carbonyl (C=O) groups is 1. The molecule has 210 valence electrons. The molecule has 3 aromatic rings. The summed E-state index contributed by atoms with van der Waals surface area (Å²) in [5, 5.41) is 0. The van der Waals surface area contributed by atoms with Gasteiger partial charge in [-0.15, -0.1) is 0 Å². The number of rotatable bonds is 17. The maximum absolute atomic E-state index is 12.9. The molecule has 0 amide bonds. The van der Waals surface area contributed by atoms with Crippen LogP contribution in [-0.4, -0.2) is 19.2 Å². The Hall–Kier alpha value is -3.07. The van der Waals surface area contributed by atoms with Gasteiger partial charge < -0.3 is 9.47 Å². The molecule has 39 heavy (non-hydrogen) atoms. The van der Waals surface area contributed by atoms with E-state index in [0.29, 0.717) is 19.1 Å². The van der Waals surface area contributed by atoms with Gasteiger partial charge in [0.25, 0.3) is 0 Å². The van der Waals surface area contributed by atoms with Crippen LogP contribution < -0.4 is 4.74 Å². The third kappa shape index (κ3) is 10.5. The minimum Gasteiger partial charge on any atom is -0.494 e. The maximum Gasteiger partial charge on any atom is 0.311 e. The summed E-state index contributed by atoms with van der Waals surface area (Å²) in [7, 11) is 0. The van der Waals surface area contributed by atoms with Crippen LogP contribution in [0.3, 0.4) is 0 Å². The minimum atomic E-state index is -0.491. The van der Waals surface area contributed by atoms with Gasteiger partial charge in [-0.2, -0.15) is 0 Å². The molecule has 3 nitrogen and oxygen atoms in total. The van der Waals surface area contributed by atoms with Crippen molar-refractivity contribution in [3.63, 3.8) is 0 Å². The second-order valence-corrected chi connectivity index (χ2v) is 11.5. The molecule has 0 saturated carbocycles. The predicted octanol–water partition coefficient (Wildman–Crippen LogP) is 9.92. The van der Waals surface area contributed by atoms with Gasteiger partial charge in [0.15, 0.2) is 0 Å². The van der Waals surface area contributed by atoms with Crippen LogP contribution in [-0.2, 0) is 9.53 Å². The fourth-order valence-corrected chi connectivity index (χ4v) is 5.05. The standard InChI is InChI=1S/C36H48O3/c1-5-6-10-17-33(30-15-11-9-12-16-30)28-36(3,4)35(37)39-27-14-8-7-13-26-38-34-24-22-32(23-25-34)31-20-18-29(2)19-21-31/h9,11-12,15-16,18-25,33H,5-8,10,13-14,17,26-28H2,1-4H3. The quantitative estimate of drug-likeness (QED) is 0.129. The third-order valence-corrected chi connectivity index (χ3v) is 7.52. The van der Waals surface area contributed by atoms with Crippen molar-refractivity contribution in [3.8, 4) is 16.9 Å². The Bertz CT molecular complexity index is 1080. The second kappa shape index (κ2) is 16.1. The summed E-state index contributed by atoms with van der Waals surface area (Å²) in [5.41, 5.74) is 4.53. The Morgan fingerprint density at radius 2 is 1.36 bits per heavy atom. The van der Waals surface area contributed by atoms with Gasteiger partial charge in [-0.25, -0.2) is 0 Å². The molecule has 0 N–H and O–H groups in total. The number of hydrogen-bond acceptors (Lipinski definition) is 3. The highest BCUT2D eigenvalue weighted by Gasteiger charge is 2.32. The van der Waals surface area contributed by atoms with Crippen molar-refractivity contribution in [1.29, 1.82) is 0 Å². The highest BCUT2D eigenvalue weighted by atomic mass is 16.5. The van der Waals surface area contributed by atoms with Crippen LogP contribution in [0.4, 0.5) is 0 Å². The Kier molecular flexibility index (Phi) is 12.6. The molecule has 3 heteroatoms. The lowest BCUT2D eigenvalue weighted by molar-refractivity contribution is -0.154. The smallest absolute Gasteiger partial charge is 0.311 e. The van der Waals surface area contributed by atoms with E-state index in [9.17, 15) is 4.79 Å². The van der Waals surface area contributed by atoms with Gasteiger partial charge in [0.2, 0.25) is 0 Å². The highest BCUT2D eigenvalue weighted by molar-refractivity contribution is 5.76. The van der Waals surface area contributed by atoms with Gasteiger partial charge in [-0.05, 0) is 94.0 Å². The average molecular weight is 529 g/mol. The highest BCUT2D eigenvalue weighted by Crippen LogP contribution is 2.36. The molecule has 1 atom stereocenters. The number of ether oxygens (including phenoxy) is 2. The summed E-state index contributed by atoms with van der Waals surface area (Å²) in [6.07, 6.45) is 9.57. The third-order valence-electron chi connectivity index (χ3n) is 7.52. The molecule has 0 aliphatic rings. The lowest BCUT2D eigenvalue weighted by Gasteiger charge is -2.28. The van der Waals surface area contributed by atoms with Crippen molar-refractivity contribution >= 4 is 5.97 Å². The molecule has 0 aliphatic heterocycles. The molecule has 0 bridgehead atoms. The van der Waals surface area contributed by atoms with E-state index in [-0.39, 0.29) is 5.97 Å². The van der Waals surface area contributed by atoms with Crippen LogP contribution >= 0.6 is 0 Å². The van der Waals surface area contributed by atoms with Crippen LogP contribution in [0.5, 0.6) is 5.75 Å². The summed E-state index contributed by atoms with van der Waals surface area (Å²) in [5.74, 6) is 1.22. The summed E-state index contributed by atoms with van der Waals surface area (Å²) < 4.78 is 11.7. The number of unbranched alkanes of at least 4 members (excludes halogenated alkanes) is 5. The summed E-state index contributed by atoms with van der Waals surface area (Å²) >= 11 is 0. The lowest BCUT2D eigenvalue weighted by atomic mass is 9.78. The first-order valence-corrected chi connectivity index (χ1v) is 14.9. The number of esters is 1. The Balaban J connectivity index is 1.31. The molecule has 3 aromatic carbocycles. The normalized spacial score (nSPS) is 12.2. The van der Waals surface area contributed by atoms with Crippen molar-refractivity contribution in [2.45, 2.75) is 91.4 Å². The second-order valence-electron chi connectivity index (χ2n) is 11.5. The van der Waals surface area contributed by atoms with E-state index in [1.807, 2.05) is 26.0 Å². The minimum absolute atomic E-state index is 0.0728. The topological polar surface area (TPSA) is 35.5 Å². The molecule has 1 unspecified atom stereocenters. The van der Waals surface area contributed by atoms with Crippen molar-refractivity contribution in [2.75, 3.05) is 13.2 Å². The molecule has 0 fully saturated rings. The SMILES string of the molecule is CCCCCC(CC(C)(C)C(=O)OCCCCCCOc1ccc(-c2ccc(C)cc2)cc1)c1ccccc1. The van der Waals surface area contributed by atoms with Gasteiger partial charge in [0.05, 0.1) is 18.6 Å². The fraction of sp³-hybridized carbons (Fsp3) is 0.472. The zero-order chi connectivity index (χ0) is 27.9. The zero-order valence-corrected chi connectivity index (χ0v) is 24.6. The number of carbonyl (C=O) groups excluding carboxylic acids is 1. The van der Waals surface area contributed by atoms with Crippen molar-refractivity contribution in [3.05, 3.63) is 90.0 Å². The van der Waals surface area contributed by atoms with Gasteiger partial charge in [-0.1, -0.05) is 98.5 Å². The average Bonchev–Trinajstić information content (AvgIpc) is 2.95. The van der Waals surface area contributed by atoms with E-state index in [0.717, 1.165) is 44.3 Å². The first-order valence-electron chi connectivity index (χ1n) is 14.9. The number of benzene rings is 3. The maximum atomic E-state index is 12.9. The largest absolute Gasteiger partial charge is 0.494 e. The van der Waals surface area contributed by atoms with Crippen LogP contribution in [0.2, 0.25) is 0 Å². The van der Waals surface area contributed by atoms with E-state index in [4.69, 9.17) is 9.47 Å². The molecular weight excluding hydrogens is 480 g/mol. The summed E-state index contributed by atoms with van der Waals surface area (Å²) in [4.78, 5) is 12.9. The molecule has 0 saturated heterocycles. The van der Waals surface area contributed by atoms with Crippen LogP contribution in [0.15, 0.2) is 78.9 Å². The van der Waals surface area contributed by atoms with E-state index in [1.54, 1.807) is 0 Å². The molecule has 0 spiro atoms. The van der Waals surface area contributed by atoms with Crippen LogP contribution in [0.1, 0.15) is 95.6 Å². The number of hydrogen-bond donors (Lipinski definition) is 0. The Morgan fingerprint density at radius 3 is 2.00 bits per heavy atom. The van der Waals surface area contributed by atoms with Crippen molar-refractivity contribution in [1.82, 2.24) is 0 Å². The first kappa shape index (κ1) is 30.5. The predicted molar refractivity (Wildman–Crippen MR) is 163 cm³/mol. The van der Waals surface area contributed by atoms with Crippen molar-refractivity contribution in [2.24, 2.45) is 5.41 Å². The number of aryl methyl sites for hydroxylation is 1. The molecular formula is C36H48O3. The van der Waals surface area contributed by atoms with Crippen LogP contribution in [0.25, 0.3) is 11.1 Å². The van der Waals surface area contributed by atoms with Crippen LogP contribution in [0, 0.1) is 12.3 Å². The van der Waals surface area contributed by atoms with Crippen molar-refractivity contribution < 1.29 is 14.3 Å². The molecule has 0 heterocycles. The summed E-state index contributed by atoms with van der Waals surface area (Å²) in [6, 6.07) is 27.5. The van der Waals surface area contributed by atoms with Gasteiger partial charge >= 0.3 is 5.97 Å². The fourth-order valence-electron chi connectivity index (χ4n) is 5.05. The Morgan fingerprint density at radius 1 is 0.744 bits per heavy atom. The van der Waals surface area contributed by atoms with E-state index >= 15 is 0 Å². The van der Waals surface area contributed by atoms with E-state index in [1.165, 1.54) is 41.5 Å². The first-order chi connectivity index (χ1) is 18.9. The molecule has 0 radical (unpaired) electrons. The monoisotopic (exact) mass is 528 g/mol. The molecule has 0 aromatic heterocycles. The van der Waals surface area contributed by atoms with E-state index < -0.39 is 5.41 Å².